The van der Waals surface area contributed by atoms with E-state index in [2.05, 4.69) is 36.3 Å². The SMILES string of the molecule is CCCCN(C)CC(NC)c1ccc(OC)cc1. The topological polar surface area (TPSA) is 24.5 Å². The molecule has 1 N–H and O–H groups in total. The molecule has 1 aromatic carbocycles. The zero-order valence-corrected chi connectivity index (χ0v) is 12.1. The quantitative estimate of drug-likeness (QED) is 0.767. The third kappa shape index (κ3) is 4.67. The van der Waals surface area contributed by atoms with Crippen LogP contribution in [0.5, 0.6) is 5.75 Å². The molecular formula is C15H26N2O. The van der Waals surface area contributed by atoms with Crippen molar-refractivity contribution in [3.05, 3.63) is 29.8 Å². The van der Waals surface area contributed by atoms with Crippen LogP contribution in [0.25, 0.3) is 0 Å². The molecular weight excluding hydrogens is 224 g/mol. The van der Waals surface area contributed by atoms with Crippen LogP contribution in [0.4, 0.5) is 0 Å². The van der Waals surface area contributed by atoms with Crippen LogP contribution in [0, 0.1) is 0 Å². The average Bonchev–Trinajstić information content (AvgIpc) is 2.42. The van der Waals surface area contributed by atoms with E-state index in [4.69, 9.17) is 4.74 Å². The number of nitrogens with zero attached hydrogens (tertiary/aromatic N) is 1. The molecule has 3 heteroatoms. The van der Waals surface area contributed by atoms with Gasteiger partial charge < -0.3 is 15.0 Å². The lowest BCUT2D eigenvalue weighted by atomic mass is 10.1. The first-order valence-corrected chi connectivity index (χ1v) is 6.71. The number of ether oxygens (including phenoxy) is 1. The predicted molar refractivity (Wildman–Crippen MR) is 77.2 cm³/mol. The molecule has 1 atom stereocenters. The van der Waals surface area contributed by atoms with E-state index < -0.39 is 0 Å². The van der Waals surface area contributed by atoms with Gasteiger partial charge in [0.15, 0.2) is 0 Å². The number of benzene rings is 1. The van der Waals surface area contributed by atoms with Gasteiger partial charge in [0.05, 0.1) is 7.11 Å². The fourth-order valence-electron chi connectivity index (χ4n) is 2.03. The van der Waals surface area contributed by atoms with E-state index in [0.29, 0.717) is 6.04 Å². The standard InChI is InChI=1S/C15H26N2O/c1-5-6-11-17(3)12-15(16-2)13-7-9-14(18-4)10-8-13/h7-10,15-16H,5-6,11-12H2,1-4H3. The minimum Gasteiger partial charge on any atom is -0.497 e. The molecule has 0 amide bonds. The second-order valence-corrected chi connectivity index (χ2v) is 4.73. The summed E-state index contributed by atoms with van der Waals surface area (Å²) in [5.41, 5.74) is 1.31. The van der Waals surface area contributed by atoms with Gasteiger partial charge in [0.2, 0.25) is 0 Å². The number of nitrogens with one attached hydrogen (secondary N) is 1. The average molecular weight is 250 g/mol. The van der Waals surface area contributed by atoms with Gasteiger partial charge in [0, 0.05) is 12.6 Å². The molecule has 0 aliphatic heterocycles. The second-order valence-electron chi connectivity index (χ2n) is 4.73. The normalized spacial score (nSPS) is 12.7. The van der Waals surface area contributed by atoms with Crippen molar-refractivity contribution in [1.29, 1.82) is 0 Å². The van der Waals surface area contributed by atoms with Gasteiger partial charge in [-0.15, -0.1) is 0 Å². The lowest BCUT2D eigenvalue weighted by Gasteiger charge is -2.24. The summed E-state index contributed by atoms with van der Waals surface area (Å²) < 4.78 is 5.19. The van der Waals surface area contributed by atoms with Crippen molar-refractivity contribution in [2.45, 2.75) is 25.8 Å². The molecule has 0 bridgehead atoms. The van der Waals surface area contributed by atoms with Crippen molar-refractivity contribution in [2.24, 2.45) is 0 Å². The summed E-state index contributed by atoms with van der Waals surface area (Å²) in [5, 5.41) is 3.38. The monoisotopic (exact) mass is 250 g/mol. The van der Waals surface area contributed by atoms with E-state index in [-0.39, 0.29) is 0 Å². The maximum absolute atomic E-state index is 5.19. The van der Waals surface area contributed by atoms with Gasteiger partial charge >= 0.3 is 0 Å². The zero-order chi connectivity index (χ0) is 13.4. The largest absolute Gasteiger partial charge is 0.497 e. The molecule has 3 nitrogen and oxygen atoms in total. The van der Waals surface area contributed by atoms with E-state index in [1.54, 1.807) is 7.11 Å². The molecule has 0 spiro atoms. The Hall–Kier alpha value is -1.06. The van der Waals surface area contributed by atoms with Crippen LogP contribution in [0.15, 0.2) is 24.3 Å². The van der Waals surface area contributed by atoms with E-state index in [0.717, 1.165) is 18.8 Å². The van der Waals surface area contributed by atoms with Crippen LogP contribution in [0.3, 0.4) is 0 Å². The second kappa shape index (κ2) is 8.11. The molecule has 0 saturated heterocycles. The Balaban J connectivity index is 2.58. The molecule has 0 saturated carbocycles. The van der Waals surface area contributed by atoms with Crippen LogP contribution in [0.2, 0.25) is 0 Å². The molecule has 1 aromatic rings. The molecule has 0 aliphatic carbocycles. The van der Waals surface area contributed by atoms with E-state index in [9.17, 15) is 0 Å². The first kappa shape index (κ1) is 15.0. The minimum absolute atomic E-state index is 0.373. The summed E-state index contributed by atoms with van der Waals surface area (Å²) in [6, 6.07) is 8.68. The molecule has 0 fully saturated rings. The smallest absolute Gasteiger partial charge is 0.118 e. The maximum atomic E-state index is 5.19. The maximum Gasteiger partial charge on any atom is 0.118 e. The van der Waals surface area contributed by atoms with E-state index in [1.807, 2.05) is 19.2 Å². The number of likely N-dealkylation sites (N-methyl/N-ethyl adjacent to an activating group) is 2. The number of hydrogen-bond donors (Lipinski definition) is 1. The molecule has 102 valence electrons. The Bertz CT molecular complexity index is 324. The Morgan fingerprint density at radius 3 is 2.44 bits per heavy atom. The van der Waals surface area contributed by atoms with E-state index in [1.165, 1.54) is 18.4 Å². The lowest BCUT2D eigenvalue weighted by Crippen LogP contribution is -2.31. The summed E-state index contributed by atoms with van der Waals surface area (Å²) in [5.74, 6) is 0.910. The highest BCUT2D eigenvalue weighted by molar-refractivity contribution is 5.29. The van der Waals surface area contributed by atoms with Crippen LogP contribution in [-0.2, 0) is 0 Å². The third-order valence-electron chi connectivity index (χ3n) is 3.25. The Kier molecular flexibility index (Phi) is 6.76. The summed E-state index contributed by atoms with van der Waals surface area (Å²) in [6.07, 6.45) is 2.51. The molecule has 0 aliphatic rings. The minimum atomic E-state index is 0.373. The fourth-order valence-corrected chi connectivity index (χ4v) is 2.03. The van der Waals surface area contributed by atoms with Gasteiger partial charge in [0.1, 0.15) is 5.75 Å². The van der Waals surface area contributed by atoms with Gasteiger partial charge in [-0.05, 0) is 44.8 Å². The highest BCUT2D eigenvalue weighted by Gasteiger charge is 2.11. The zero-order valence-electron chi connectivity index (χ0n) is 12.1. The molecule has 0 aromatic heterocycles. The first-order valence-electron chi connectivity index (χ1n) is 6.71. The van der Waals surface area contributed by atoms with Crippen LogP contribution < -0.4 is 10.1 Å². The van der Waals surface area contributed by atoms with Crippen molar-refractivity contribution >= 4 is 0 Å². The van der Waals surface area contributed by atoms with Crippen LogP contribution in [0.1, 0.15) is 31.4 Å². The third-order valence-corrected chi connectivity index (χ3v) is 3.25. The highest BCUT2D eigenvalue weighted by Crippen LogP contribution is 2.18. The molecule has 1 unspecified atom stereocenters. The Morgan fingerprint density at radius 2 is 1.94 bits per heavy atom. The van der Waals surface area contributed by atoms with Gasteiger partial charge in [0.25, 0.3) is 0 Å². The van der Waals surface area contributed by atoms with E-state index >= 15 is 0 Å². The van der Waals surface area contributed by atoms with Crippen LogP contribution in [-0.4, -0.2) is 39.2 Å². The molecule has 1 rings (SSSR count). The van der Waals surface area contributed by atoms with Crippen molar-refractivity contribution < 1.29 is 4.74 Å². The summed E-state index contributed by atoms with van der Waals surface area (Å²) >= 11 is 0. The fraction of sp³-hybridized carbons (Fsp3) is 0.600. The van der Waals surface area contributed by atoms with Crippen molar-refractivity contribution in [2.75, 3.05) is 34.3 Å². The lowest BCUT2D eigenvalue weighted by molar-refractivity contribution is 0.292. The van der Waals surface area contributed by atoms with Gasteiger partial charge in [-0.3, -0.25) is 0 Å². The highest BCUT2D eigenvalue weighted by atomic mass is 16.5. The molecule has 0 heterocycles. The number of hydrogen-bond acceptors (Lipinski definition) is 3. The van der Waals surface area contributed by atoms with Gasteiger partial charge in [-0.25, -0.2) is 0 Å². The van der Waals surface area contributed by atoms with Gasteiger partial charge in [-0.2, -0.15) is 0 Å². The van der Waals surface area contributed by atoms with Crippen LogP contribution >= 0.6 is 0 Å². The number of rotatable bonds is 8. The molecule has 0 radical (unpaired) electrons. The predicted octanol–water partition coefficient (Wildman–Crippen LogP) is 2.69. The molecule has 18 heavy (non-hydrogen) atoms. The first-order chi connectivity index (χ1) is 8.71. The summed E-state index contributed by atoms with van der Waals surface area (Å²) in [4.78, 5) is 2.38. The Labute approximate surface area is 111 Å². The number of methoxy groups -OCH3 is 1. The van der Waals surface area contributed by atoms with Crippen molar-refractivity contribution in [3.8, 4) is 5.75 Å². The Morgan fingerprint density at radius 1 is 1.28 bits per heavy atom. The summed E-state index contributed by atoms with van der Waals surface area (Å²) in [6.45, 7) is 4.42. The van der Waals surface area contributed by atoms with Crippen molar-refractivity contribution in [3.63, 3.8) is 0 Å². The number of unbranched alkanes of at least 4 members (excludes halogenated alkanes) is 1. The van der Waals surface area contributed by atoms with Crippen molar-refractivity contribution in [1.82, 2.24) is 10.2 Å². The van der Waals surface area contributed by atoms with Gasteiger partial charge in [-0.1, -0.05) is 25.5 Å². The summed E-state index contributed by atoms with van der Waals surface area (Å²) in [7, 11) is 5.90.